The van der Waals surface area contributed by atoms with Crippen LogP contribution in [0.25, 0.3) is 0 Å². The molecule has 3 rings (SSSR count). The van der Waals surface area contributed by atoms with Crippen molar-refractivity contribution >= 4 is 5.97 Å². The van der Waals surface area contributed by atoms with Crippen molar-refractivity contribution in [3.8, 4) is 0 Å². The second kappa shape index (κ2) is 10.2. The average molecular weight is 411 g/mol. The topological polar surface area (TPSA) is 72.8 Å². The molecule has 0 spiro atoms. The second-order valence-corrected chi connectivity index (χ2v) is 8.08. The third-order valence-corrected chi connectivity index (χ3v) is 5.36. The molecule has 0 saturated carbocycles. The van der Waals surface area contributed by atoms with Gasteiger partial charge in [-0.25, -0.2) is 4.79 Å². The fourth-order valence-electron chi connectivity index (χ4n) is 3.50. The zero-order valence-electron chi connectivity index (χ0n) is 17.9. The van der Waals surface area contributed by atoms with Gasteiger partial charge in [0.2, 0.25) is 0 Å². The van der Waals surface area contributed by atoms with Crippen LogP contribution in [0, 0.1) is 5.92 Å². The van der Waals surface area contributed by atoms with Crippen LogP contribution in [0.4, 0.5) is 0 Å². The summed E-state index contributed by atoms with van der Waals surface area (Å²) in [7, 11) is 0. The van der Waals surface area contributed by atoms with Crippen molar-refractivity contribution in [2.24, 2.45) is 5.92 Å². The molecule has 30 heavy (non-hydrogen) atoms. The van der Waals surface area contributed by atoms with Gasteiger partial charge in [0, 0.05) is 6.42 Å². The fourth-order valence-corrected chi connectivity index (χ4v) is 3.50. The number of cyclic esters (lactones) is 1. The van der Waals surface area contributed by atoms with E-state index in [-0.39, 0.29) is 17.3 Å². The number of carbonyl (C=O) groups excluding carboxylic acids is 1. The lowest BCUT2D eigenvalue weighted by Gasteiger charge is -2.08. The van der Waals surface area contributed by atoms with Crippen LogP contribution in [0.5, 0.6) is 0 Å². The molecule has 1 atom stereocenters. The van der Waals surface area contributed by atoms with Crippen LogP contribution in [0.1, 0.15) is 63.3 Å². The van der Waals surface area contributed by atoms with Crippen LogP contribution in [0.2, 0.25) is 0 Å². The number of hydrogen-bond acceptors (Lipinski definition) is 5. The number of carbonyl (C=O) groups is 1. The first-order valence-corrected chi connectivity index (χ1v) is 10.5. The number of hydrogen-bond donors (Lipinski definition) is 1. The van der Waals surface area contributed by atoms with E-state index in [1.807, 2.05) is 18.4 Å². The first-order chi connectivity index (χ1) is 14.4. The molecule has 0 aliphatic carbocycles. The maximum Gasteiger partial charge on any atom is 0.343 e. The number of rotatable bonds is 10. The van der Waals surface area contributed by atoms with E-state index < -0.39 is 5.97 Å². The summed E-state index contributed by atoms with van der Waals surface area (Å²) in [4.78, 5) is 11.5. The molecule has 0 amide bonds. The van der Waals surface area contributed by atoms with Crippen LogP contribution >= 0.6 is 0 Å². The van der Waals surface area contributed by atoms with Gasteiger partial charge in [0.1, 0.15) is 5.76 Å². The smallest absolute Gasteiger partial charge is 0.343 e. The van der Waals surface area contributed by atoms with E-state index >= 15 is 0 Å². The zero-order valence-corrected chi connectivity index (χ0v) is 17.9. The highest BCUT2D eigenvalue weighted by atomic mass is 16.6. The molecule has 2 aromatic rings. The van der Waals surface area contributed by atoms with Gasteiger partial charge in [-0.2, -0.15) is 0 Å². The molecule has 5 nitrogen and oxygen atoms in total. The number of ether oxygens (including phenoxy) is 1. The predicted octanol–water partition coefficient (Wildman–Crippen LogP) is 6.42. The van der Waals surface area contributed by atoms with Crippen molar-refractivity contribution in [2.75, 3.05) is 0 Å². The highest BCUT2D eigenvalue weighted by Gasteiger charge is 2.26. The normalized spacial score (nSPS) is 17.1. The van der Waals surface area contributed by atoms with Crippen molar-refractivity contribution in [3.05, 3.63) is 82.6 Å². The number of aliphatic hydroxyl groups is 1. The minimum atomic E-state index is -0.462. The maximum absolute atomic E-state index is 11.5. The second-order valence-electron chi connectivity index (χ2n) is 8.08. The van der Waals surface area contributed by atoms with E-state index in [0.29, 0.717) is 5.76 Å². The lowest BCUT2D eigenvalue weighted by molar-refractivity contribution is -0.133. The third-order valence-electron chi connectivity index (χ3n) is 5.36. The molecule has 0 bridgehead atoms. The highest BCUT2D eigenvalue weighted by molar-refractivity contribution is 5.93. The zero-order chi connectivity index (χ0) is 21.5. The Morgan fingerprint density at radius 3 is 2.80 bits per heavy atom. The summed E-state index contributed by atoms with van der Waals surface area (Å²) >= 11 is 0. The van der Waals surface area contributed by atoms with Gasteiger partial charge in [-0.05, 0) is 81.2 Å². The Hall–Kier alpha value is -2.95. The highest BCUT2D eigenvalue weighted by Crippen LogP contribution is 2.26. The Bertz CT molecular complexity index is 940. The molecule has 0 saturated heterocycles. The SMILES string of the molecule is CC(=CCCc1coc(Cc2ccoc2)c1)CCC[C@@H](C)/C=C1/OC(=O)C(C)=C1O. The van der Waals surface area contributed by atoms with E-state index in [0.717, 1.165) is 49.8 Å². The quantitative estimate of drug-likeness (QED) is 0.361. The molecular formula is C25H30O5. The molecule has 0 radical (unpaired) electrons. The molecule has 5 heteroatoms. The van der Waals surface area contributed by atoms with Crippen molar-refractivity contribution < 1.29 is 23.5 Å². The van der Waals surface area contributed by atoms with Crippen LogP contribution in [-0.2, 0) is 22.4 Å². The molecule has 3 heterocycles. The number of aryl methyl sites for hydroxylation is 1. The summed E-state index contributed by atoms with van der Waals surface area (Å²) in [6.45, 7) is 5.81. The van der Waals surface area contributed by atoms with Gasteiger partial charge in [-0.1, -0.05) is 18.6 Å². The Balaban J connectivity index is 1.37. The summed E-state index contributed by atoms with van der Waals surface area (Å²) in [5.74, 6) is 0.989. The molecule has 1 aliphatic rings. The van der Waals surface area contributed by atoms with Crippen molar-refractivity contribution in [1.29, 1.82) is 0 Å². The van der Waals surface area contributed by atoms with Crippen molar-refractivity contribution in [2.45, 2.75) is 59.3 Å². The van der Waals surface area contributed by atoms with Gasteiger partial charge in [0.05, 0.1) is 24.4 Å². The van der Waals surface area contributed by atoms with Gasteiger partial charge in [0.25, 0.3) is 0 Å². The monoisotopic (exact) mass is 410 g/mol. The van der Waals surface area contributed by atoms with Gasteiger partial charge >= 0.3 is 5.97 Å². The van der Waals surface area contributed by atoms with Crippen LogP contribution < -0.4 is 0 Å². The Kier molecular flexibility index (Phi) is 7.39. The lowest BCUT2D eigenvalue weighted by Crippen LogP contribution is -1.97. The molecule has 1 aliphatic heterocycles. The number of aliphatic hydroxyl groups excluding tert-OH is 1. The molecular weight excluding hydrogens is 380 g/mol. The minimum Gasteiger partial charge on any atom is -0.504 e. The standard InChI is InChI=1S/C25H30O5/c1-17(6-4-8-18(2)12-23-24(26)19(3)25(27)30-23)7-5-9-20-13-22(29-16-20)14-21-10-11-28-15-21/h7,10-13,15-16,18,26H,4-6,8-9,14H2,1-3H3/b17-7?,23-12+/t18-/m1/s1. The van der Waals surface area contributed by atoms with Gasteiger partial charge < -0.3 is 18.7 Å². The largest absolute Gasteiger partial charge is 0.504 e. The Morgan fingerprint density at radius 2 is 2.10 bits per heavy atom. The summed E-state index contributed by atoms with van der Waals surface area (Å²) in [6.07, 6.45) is 15.2. The van der Waals surface area contributed by atoms with Crippen LogP contribution in [-0.4, -0.2) is 11.1 Å². The third kappa shape index (κ3) is 6.02. The number of allylic oxidation sites excluding steroid dienone is 3. The Morgan fingerprint density at radius 1 is 1.27 bits per heavy atom. The lowest BCUT2D eigenvalue weighted by atomic mass is 9.99. The maximum atomic E-state index is 11.5. The minimum absolute atomic E-state index is 0.0323. The van der Waals surface area contributed by atoms with Gasteiger partial charge in [-0.15, -0.1) is 0 Å². The van der Waals surface area contributed by atoms with Gasteiger partial charge in [-0.3, -0.25) is 0 Å². The van der Waals surface area contributed by atoms with Crippen LogP contribution in [0.15, 0.2) is 74.6 Å². The van der Waals surface area contributed by atoms with Crippen molar-refractivity contribution in [1.82, 2.24) is 0 Å². The van der Waals surface area contributed by atoms with E-state index in [2.05, 4.69) is 26.0 Å². The first-order valence-electron chi connectivity index (χ1n) is 10.5. The van der Waals surface area contributed by atoms with E-state index in [9.17, 15) is 9.90 Å². The number of esters is 1. The Labute approximate surface area is 177 Å². The predicted molar refractivity (Wildman–Crippen MR) is 115 cm³/mol. The van der Waals surface area contributed by atoms with Crippen LogP contribution in [0.3, 0.4) is 0 Å². The molecule has 0 fully saturated rings. The van der Waals surface area contributed by atoms with E-state index in [1.54, 1.807) is 19.5 Å². The van der Waals surface area contributed by atoms with Crippen molar-refractivity contribution in [3.63, 3.8) is 0 Å². The summed E-state index contributed by atoms with van der Waals surface area (Å²) in [5.41, 5.74) is 3.98. The first kappa shape index (κ1) is 21.8. The fraction of sp³-hybridized carbons (Fsp3) is 0.400. The van der Waals surface area contributed by atoms with E-state index in [4.69, 9.17) is 13.6 Å². The van der Waals surface area contributed by atoms with E-state index in [1.165, 1.54) is 11.1 Å². The number of furan rings is 2. The average Bonchev–Trinajstić information content (AvgIpc) is 3.43. The molecule has 0 aromatic carbocycles. The molecule has 1 N–H and O–H groups in total. The summed E-state index contributed by atoms with van der Waals surface area (Å²) < 4.78 is 15.8. The molecule has 160 valence electrons. The summed E-state index contributed by atoms with van der Waals surface area (Å²) in [5, 5.41) is 9.89. The molecule has 0 unspecified atom stereocenters. The molecule has 2 aromatic heterocycles. The van der Waals surface area contributed by atoms with Gasteiger partial charge in [0.15, 0.2) is 11.5 Å². The summed E-state index contributed by atoms with van der Waals surface area (Å²) in [6, 6.07) is 4.07.